The summed E-state index contributed by atoms with van der Waals surface area (Å²) in [5.74, 6) is 1.34. The molecule has 2 aromatic heterocycles. The standard InChI is InChI=1S/C22H19BrClN3O4/c1-3-30-20(28)8-9-27-12-17(24)15-10-13(4-6-18(15)27)21-25-22(31-26-21)14-5-7-19(29-2)16(23)11-14/h4-7,10-12H,3,8-9H2,1-2H3. The van der Waals surface area contributed by atoms with Crippen molar-refractivity contribution >= 4 is 44.4 Å². The SMILES string of the molecule is CCOC(=O)CCn1cc(Cl)c2cc(-c3noc(-c4ccc(OC)c(Br)c4)n3)ccc21. The number of carbonyl (C=O) groups is 1. The second kappa shape index (κ2) is 9.11. The average Bonchev–Trinajstić information content (AvgIpc) is 3.37. The number of nitrogens with zero attached hydrogens (tertiary/aromatic N) is 3. The number of methoxy groups -OCH3 is 1. The average molecular weight is 505 g/mol. The summed E-state index contributed by atoms with van der Waals surface area (Å²) in [6, 6.07) is 11.3. The number of carbonyl (C=O) groups excluding carboxylic acids is 1. The molecule has 0 saturated heterocycles. The van der Waals surface area contributed by atoms with Gasteiger partial charge in [0.05, 0.1) is 29.6 Å². The fraction of sp³-hybridized carbons (Fsp3) is 0.227. The second-order valence-corrected chi connectivity index (χ2v) is 7.99. The molecule has 4 rings (SSSR count). The van der Waals surface area contributed by atoms with Crippen LogP contribution in [0.3, 0.4) is 0 Å². The molecule has 160 valence electrons. The molecule has 31 heavy (non-hydrogen) atoms. The van der Waals surface area contributed by atoms with Crippen LogP contribution in [0.25, 0.3) is 33.7 Å². The highest BCUT2D eigenvalue weighted by Gasteiger charge is 2.15. The summed E-state index contributed by atoms with van der Waals surface area (Å²) in [4.78, 5) is 16.2. The molecule has 0 aliphatic rings. The van der Waals surface area contributed by atoms with Gasteiger partial charge in [-0.15, -0.1) is 0 Å². The maximum Gasteiger partial charge on any atom is 0.307 e. The van der Waals surface area contributed by atoms with E-state index in [4.69, 9.17) is 25.6 Å². The lowest BCUT2D eigenvalue weighted by atomic mass is 10.1. The molecule has 0 unspecified atom stereocenters. The number of ether oxygens (including phenoxy) is 2. The molecule has 0 bridgehead atoms. The summed E-state index contributed by atoms with van der Waals surface area (Å²) in [5.41, 5.74) is 2.47. The minimum absolute atomic E-state index is 0.235. The zero-order valence-electron chi connectivity index (χ0n) is 16.9. The summed E-state index contributed by atoms with van der Waals surface area (Å²) >= 11 is 9.91. The molecule has 2 heterocycles. The molecule has 0 N–H and O–H groups in total. The van der Waals surface area contributed by atoms with Gasteiger partial charge < -0.3 is 18.6 Å². The predicted molar refractivity (Wildman–Crippen MR) is 121 cm³/mol. The number of hydrogen-bond acceptors (Lipinski definition) is 6. The van der Waals surface area contributed by atoms with E-state index in [0.29, 0.717) is 29.9 Å². The van der Waals surface area contributed by atoms with E-state index in [2.05, 4.69) is 26.1 Å². The van der Waals surface area contributed by atoms with Crippen LogP contribution in [0.5, 0.6) is 5.75 Å². The largest absolute Gasteiger partial charge is 0.496 e. The number of hydrogen-bond donors (Lipinski definition) is 0. The van der Waals surface area contributed by atoms with E-state index in [0.717, 1.165) is 32.3 Å². The molecule has 0 spiro atoms. The minimum Gasteiger partial charge on any atom is -0.496 e. The quantitative estimate of drug-likeness (QED) is 0.299. The van der Waals surface area contributed by atoms with E-state index in [1.807, 2.05) is 47.2 Å². The molecular weight excluding hydrogens is 486 g/mol. The highest BCUT2D eigenvalue weighted by Crippen LogP contribution is 2.33. The van der Waals surface area contributed by atoms with E-state index in [-0.39, 0.29) is 12.4 Å². The van der Waals surface area contributed by atoms with Gasteiger partial charge in [0.2, 0.25) is 5.82 Å². The van der Waals surface area contributed by atoms with Gasteiger partial charge >= 0.3 is 5.97 Å². The lowest BCUT2D eigenvalue weighted by Crippen LogP contribution is -2.08. The lowest BCUT2D eigenvalue weighted by molar-refractivity contribution is -0.143. The fourth-order valence-corrected chi connectivity index (χ4v) is 4.09. The number of aryl methyl sites for hydroxylation is 1. The predicted octanol–water partition coefficient (Wildman–Crippen LogP) is 5.74. The van der Waals surface area contributed by atoms with Gasteiger partial charge in [-0.25, -0.2) is 0 Å². The van der Waals surface area contributed by atoms with Crippen LogP contribution in [0.4, 0.5) is 0 Å². The van der Waals surface area contributed by atoms with Gasteiger partial charge in [0.25, 0.3) is 5.89 Å². The van der Waals surface area contributed by atoms with E-state index in [9.17, 15) is 4.79 Å². The van der Waals surface area contributed by atoms with Crippen LogP contribution in [0.15, 0.2) is 51.6 Å². The van der Waals surface area contributed by atoms with Crippen molar-refractivity contribution in [1.82, 2.24) is 14.7 Å². The van der Waals surface area contributed by atoms with Crippen molar-refractivity contribution in [3.63, 3.8) is 0 Å². The van der Waals surface area contributed by atoms with Crippen molar-refractivity contribution in [2.75, 3.05) is 13.7 Å². The Hall–Kier alpha value is -2.84. The first kappa shape index (κ1) is 21.4. The minimum atomic E-state index is -0.235. The molecule has 0 fully saturated rings. The Kier molecular flexibility index (Phi) is 6.29. The number of rotatable bonds is 7. The van der Waals surface area contributed by atoms with Crippen molar-refractivity contribution in [1.29, 1.82) is 0 Å². The van der Waals surface area contributed by atoms with E-state index < -0.39 is 0 Å². The Morgan fingerprint density at radius 2 is 2.03 bits per heavy atom. The molecule has 0 amide bonds. The third kappa shape index (κ3) is 4.45. The molecule has 0 aliphatic carbocycles. The van der Waals surface area contributed by atoms with Crippen molar-refractivity contribution < 1.29 is 18.8 Å². The highest BCUT2D eigenvalue weighted by atomic mass is 79.9. The van der Waals surface area contributed by atoms with Crippen molar-refractivity contribution in [2.45, 2.75) is 19.9 Å². The van der Waals surface area contributed by atoms with E-state index in [1.165, 1.54) is 0 Å². The van der Waals surface area contributed by atoms with E-state index in [1.54, 1.807) is 14.0 Å². The van der Waals surface area contributed by atoms with Crippen LogP contribution >= 0.6 is 27.5 Å². The van der Waals surface area contributed by atoms with Crippen LogP contribution in [-0.2, 0) is 16.1 Å². The molecule has 0 atom stereocenters. The first-order valence-corrected chi connectivity index (χ1v) is 10.8. The van der Waals surface area contributed by atoms with Crippen LogP contribution < -0.4 is 4.74 Å². The molecular formula is C22H19BrClN3O4. The first-order chi connectivity index (χ1) is 15.0. The van der Waals surface area contributed by atoms with Gasteiger partial charge in [-0.3, -0.25) is 4.79 Å². The van der Waals surface area contributed by atoms with Crippen molar-refractivity contribution in [3.8, 4) is 28.6 Å². The fourth-order valence-electron chi connectivity index (χ4n) is 3.28. The molecule has 4 aromatic rings. The molecule has 0 aliphatic heterocycles. The van der Waals surface area contributed by atoms with Crippen molar-refractivity contribution in [3.05, 3.63) is 52.1 Å². The molecule has 0 radical (unpaired) electrons. The smallest absolute Gasteiger partial charge is 0.307 e. The summed E-state index contributed by atoms with van der Waals surface area (Å²) < 4.78 is 18.4. The zero-order valence-corrected chi connectivity index (χ0v) is 19.2. The highest BCUT2D eigenvalue weighted by molar-refractivity contribution is 9.10. The molecule has 2 aromatic carbocycles. The Labute approximate surface area is 192 Å². The van der Waals surface area contributed by atoms with Crippen LogP contribution in [0.1, 0.15) is 13.3 Å². The Morgan fingerprint density at radius 1 is 1.23 bits per heavy atom. The molecule has 0 saturated carbocycles. The molecule has 7 nitrogen and oxygen atoms in total. The number of benzene rings is 2. The van der Waals surface area contributed by atoms with Crippen LogP contribution in [0, 0.1) is 0 Å². The summed E-state index contributed by atoms with van der Waals surface area (Å²) in [6.45, 7) is 2.65. The van der Waals surface area contributed by atoms with Gasteiger partial charge in [-0.2, -0.15) is 4.98 Å². The Bertz CT molecular complexity index is 1250. The Balaban J connectivity index is 1.60. The van der Waals surface area contributed by atoms with Gasteiger partial charge in [-0.1, -0.05) is 16.8 Å². The number of esters is 1. The topological polar surface area (TPSA) is 79.4 Å². The van der Waals surface area contributed by atoms with Gasteiger partial charge in [-0.05, 0) is 59.3 Å². The van der Waals surface area contributed by atoms with E-state index >= 15 is 0 Å². The summed E-state index contributed by atoms with van der Waals surface area (Å²) in [5, 5.41) is 5.55. The van der Waals surface area contributed by atoms with Gasteiger partial charge in [0.1, 0.15) is 5.75 Å². The van der Waals surface area contributed by atoms with Gasteiger partial charge in [0, 0.05) is 34.8 Å². The first-order valence-electron chi connectivity index (χ1n) is 9.62. The monoisotopic (exact) mass is 503 g/mol. The van der Waals surface area contributed by atoms with Crippen molar-refractivity contribution in [2.24, 2.45) is 0 Å². The third-order valence-corrected chi connectivity index (χ3v) is 5.70. The Morgan fingerprint density at radius 3 is 2.77 bits per heavy atom. The second-order valence-electron chi connectivity index (χ2n) is 6.73. The maximum absolute atomic E-state index is 11.7. The van der Waals surface area contributed by atoms with Gasteiger partial charge in [0.15, 0.2) is 0 Å². The molecule has 9 heteroatoms. The number of aromatic nitrogens is 3. The zero-order chi connectivity index (χ0) is 22.0. The van der Waals surface area contributed by atoms with Crippen LogP contribution in [-0.4, -0.2) is 34.4 Å². The van der Waals surface area contributed by atoms with Crippen LogP contribution in [0.2, 0.25) is 5.02 Å². The summed E-state index contributed by atoms with van der Waals surface area (Å²) in [6.07, 6.45) is 2.09. The third-order valence-electron chi connectivity index (χ3n) is 4.78. The summed E-state index contributed by atoms with van der Waals surface area (Å²) in [7, 11) is 1.61. The normalized spacial score (nSPS) is 11.1. The number of halogens is 2. The lowest BCUT2D eigenvalue weighted by Gasteiger charge is -2.05. The maximum atomic E-state index is 11.7. The number of fused-ring (bicyclic) bond motifs is 1.